The van der Waals surface area contributed by atoms with E-state index in [9.17, 15) is 4.79 Å². The fraction of sp³-hybridized carbons (Fsp3) is 0.269. The van der Waals surface area contributed by atoms with E-state index in [1.54, 1.807) is 6.92 Å². The van der Waals surface area contributed by atoms with Crippen molar-refractivity contribution in [3.05, 3.63) is 107 Å². The van der Waals surface area contributed by atoms with E-state index in [4.69, 9.17) is 14.2 Å². The van der Waals surface area contributed by atoms with E-state index in [1.807, 2.05) is 67.6 Å². The van der Waals surface area contributed by atoms with E-state index in [0.717, 1.165) is 16.7 Å². The van der Waals surface area contributed by atoms with Gasteiger partial charge in [-0.3, -0.25) is 0 Å². The minimum Gasteiger partial charge on any atom is -0.462 e. The molecule has 0 amide bonds. The molecular formula is C26H26O4. The third-order valence-electron chi connectivity index (χ3n) is 5.67. The lowest BCUT2D eigenvalue weighted by atomic mass is 9.75. The quantitative estimate of drug-likeness (QED) is 0.578. The Hall–Kier alpha value is -2.95. The molecule has 1 aliphatic heterocycles. The minimum absolute atomic E-state index is 0.252. The number of hydrogen-bond acceptors (Lipinski definition) is 4. The Morgan fingerprint density at radius 2 is 1.30 bits per heavy atom. The number of esters is 1. The normalized spacial score (nSPS) is 17.3. The predicted octanol–water partition coefficient (Wildman–Crippen LogP) is 4.74. The molecule has 4 heteroatoms. The Morgan fingerprint density at radius 1 is 0.800 bits per heavy atom. The van der Waals surface area contributed by atoms with E-state index in [1.165, 1.54) is 0 Å². The van der Waals surface area contributed by atoms with Gasteiger partial charge >= 0.3 is 5.97 Å². The molecule has 0 spiro atoms. The van der Waals surface area contributed by atoms with Crippen molar-refractivity contribution in [2.75, 3.05) is 19.8 Å². The first-order valence-corrected chi connectivity index (χ1v) is 10.2. The summed E-state index contributed by atoms with van der Waals surface area (Å²) in [5.74, 6) is -2.10. The first kappa shape index (κ1) is 20.3. The summed E-state index contributed by atoms with van der Waals surface area (Å²) < 4.78 is 18.0. The molecule has 1 aliphatic rings. The number of hydrogen-bond donors (Lipinski definition) is 0. The van der Waals surface area contributed by atoms with Crippen molar-refractivity contribution in [1.82, 2.24) is 0 Å². The van der Waals surface area contributed by atoms with Crippen molar-refractivity contribution >= 4 is 5.97 Å². The molecule has 0 atom stereocenters. The van der Waals surface area contributed by atoms with Crippen LogP contribution in [0.15, 0.2) is 84.9 Å². The van der Waals surface area contributed by atoms with Crippen LogP contribution < -0.4 is 0 Å². The average Bonchev–Trinajstić information content (AvgIpc) is 2.81. The lowest BCUT2D eigenvalue weighted by molar-refractivity contribution is -0.290. The Kier molecular flexibility index (Phi) is 5.71. The molecule has 0 N–H and O–H groups in total. The Balaban J connectivity index is 1.76. The number of carbonyl (C=O) groups is 1. The lowest BCUT2D eigenvalue weighted by Crippen LogP contribution is -2.55. The van der Waals surface area contributed by atoms with Gasteiger partial charge in [-0.25, -0.2) is 4.79 Å². The summed E-state index contributed by atoms with van der Waals surface area (Å²) in [5, 5.41) is 0. The minimum atomic E-state index is -1.57. The second-order valence-electron chi connectivity index (χ2n) is 7.59. The van der Waals surface area contributed by atoms with Crippen LogP contribution in [0.4, 0.5) is 0 Å². The number of carbonyl (C=O) groups excluding carboxylic acids is 1. The molecule has 3 aromatic rings. The molecule has 0 radical (unpaired) electrons. The SMILES string of the molecule is CCOC(=O)C1(c2ccc(C)cc2)OCC(c2ccccc2)(c2ccccc2)CO1. The molecule has 0 saturated carbocycles. The van der Waals surface area contributed by atoms with Crippen molar-refractivity contribution in [2.45, 2.75) is 25.0 Å². The molecule has 1 heterocycles. The summed E-state index contributed by atoms with van der Waals surface area (Å²) in [4.78, 5) is 13.0. The fourth-order valence-electron chi connectivity index (χ4n) is 3.95. The van der Waals surface area contributed by atoms with Crippen LogP contribution in [0, 0.1) is 6.92 Å². The Labute approximate surface area is 177 Å². The standard InChI is InChI=1S/C26H26O4/c1-3-28-24(27)26(23-16-14-20(2)15-17-23)29-18-25(19-30-26,21-10-6-4-7-11-21)22-12-8-5-9-13-22/h4-17H,3,18-19H2,1-2H3. The van der Waals surface area contributed by atoms with Gasteiger partial charge in [-0.05, 0) is 25.0 Å². The van der Waals surface area contributed by atoms with E-state index in [2.05, 4.69) is 24.3 Å². The van der Waals surface area contributed by atoms with E-state index >= 15 is 0 Å². The zero-order chi connectivity index (χ0) is 21.0. The van der Waals surface area contributed by atoms with Crippen LogP contribution in [0.25, 0.3) is 0 Å². The molecular weight excluding hydrogens is 376 g/mol. The van der Waals surface area contributed by atoms with Gasteiger partial charge in [0.15, 0.2) is 0 Å². The highest BCUT2D eigenvalue weighted by Crippen LogP contribution is 2.43. The molecule has 0 aromatic heterocycles. The molecule has 154 valence electrons. The van der Waals surface area contributed by atoms with Crippen LogP contribution in [0.5, 0.6) is 0 Å². The van der Waals surface area contributed by atoms with Crippen molar-refractivity contribution in [3.8, 4) is 0 Å². The van der Waals surface area contributed by atoms with Crippen LogP contribution >= 0.6 is 0 Å². The highest BCUT2D eigenvalue weighted by Gasteiger charge is 2.53. The zero-order valence-corrected chi connectivity index (χ0v) is 17.3. The lowest BCUT2D eigenvalue weighted by Gasteiger charge is -2.45. The molecule has 4 nitrogen and oxygen atoms in total. The van der Waals surface area contributed by atoms with E-state index in [0.29, 0.717) is 5.56 Å². The molecule has 0 unspecified atom stereocenters. The number of aryl methyl sites for hydroxylation is 1. The van der Waals surface area contributed by atoms with Crippen molar-refractivity contribution in [1.29, 1.82) is 0 Å². The summed E-state index contributed by atoms with van der Waals surface area (Å²) >= 11 is 0. The number of benzene rings is 3. The van der Waals surface area contributed by atoms with Gasteiger partial charge in [0.2, 0.25) is 0 Å². The zero-order valence-electron chi connectivity index (χ0n) is 17.3. The smallest absolute Gasteiger partial charge is 0.372 e. The molecule has 0 aliphatic carbocycles. The summed E-state index contributed by atoms with van der Waals surface area (Å²) in [5.41, 5.74) is 3.37. The van der Waals surface area contributed by atoms with Crippen LogP contribution in [-0.2, 0) is 30.2 Å². The molecule has 1 fully saturated rings. The van der Waals surface area contributed by atoms with Gasteiger partial charge in [0.25, 0.3) is 5.79 Å². The van der Waals surface area contributed by atoms with Gasteiger partial charge in [0.05, 0.1) is 25.2 Å². The third kappa shape index (κ3) is 3.53. The van der Waals surface area contributed by atoms with Gasteiger partial charge in [-0.15, -0.1) is 0 Å². The fourth-order valence-corrected chi connectivity index (χ4v) is 3.95. The molecule has 3 aromatic carbocycles. The summed E-state index contributed by atoms with van der Waals surface area (Å²) in [6.07, 6.45) is 0. The van der Waals surface area contributed by atoms with Gasteiger partial charge in [0, 0.05) is 5.56 Å². The van der Waals surface area contributed by atoms with Gasteiger partial charge < -0.3 is 14.2 Å². The van der Waals surface area contributed by atoms with Crippen molar-refractivity contribution in [3.63, 3.8) is 0 Å². The van der Waals surface area contributed by atoms with Crippen LogP contribution in [0.1, 0.15) is 29.2 Å². The van der Waals surface area contributed by atoms with Crippen molar-refractivity contribution in [2.24, 2.45) is 0 Å². The van der Waals surface area contributed by atoms with Gasteiger partial charge in [0.1, 0.15) is 0 Å². The Bertz CT molecular complexity index is 931. The maximum Gasteiger partial charge on any atom is 0.372 e. The molecule has 0 bridgehead atoms. The highest BCUT2D eigenvalue weighted by molar-refractivity contribution is 5.80. The number of ether oxygens (including phenoxy) is 3. The summed E-state index contributed by atoms with van der Waals surface area (Å²) in [7, 11) is 0. The van der Waals surface area contributed by atoms with Crippen LogP contribution in [0.2, 0.25) is 0 Å². The van der Waals surface area contributed by atoms with Crippen molar-refractivity contribution < 1.29 is 19.0 Å². The van der Waals surface area contributed by atoms with Gasteiger partial charge in [-0.2, -0.15) is 0 Å². The second-order valence-corrected chi connectivity index (χ2v) is 7.59. The predicted molar refractivity (Wildman–Crippen MR) is 115 cm³/mol. The first-order chi connectivity index (χ1) is 14.6. The van der Waals surface area contributed by atoms with E-state index < -0.39 is 17.2 Å². The highest BCUT2D eigenvalue weighted by atomic mass is 16.7. The van der Waals surface area contributed by atoms with Gasteiger partial charge in [-0.1, -0.05) is 90.5 Å². The second kappa shape index (κ2) is 8.42. The molecule has 4 rings (SSSR count). The monoisotopic (exact) mass is 402 g/mol. The topological polar surface area (TPSA) is 44.8 Å². The first-order valence-electron chi connectivity index (χ1n) is 10.2. The Morgan fingerprint density at radius 3 is 1.77 bits per heavy atom. The van der Waals surface area contributed by atoms with E-state index in [-0.39, 0.29) is 19.8 Å². The average molecular weight is 402 g/mol. The maximum absolute atomic E-state index is 13.0. The maximum atomic E-state index is 13.0. The molecule has 30 heavy (non-hydrogen) atoms. The summed E-state index contributed by atoms with van der Waals surface area (Å²) in [6.45, 7) is 4.60. The third-order valence-corrected chi connectivity index (χ3v) is 5.67. The van der Waals surface area contributed by atoms with Crippen LogP contribution in [0.3, 0.4) is 0 Å². The van der Waals surface area contributed by atoms with Crippen LogP contribution in [-0.4, -0.2) is 25.8 Å². The number of rotatable bonds is 5. The largest absolute Gasteiger partial charge is 0.462 e. The molecule has 1 saturated heterocycles. The summed E-state index contributed by atoms with van der Waals surface area (Å²) in [6, 6.07) is 27.9.